The van der Waals surface area contributed by atoms with Crippen molar-refractivity contribution in [1.29, 1.82) is 0 Å². The number of nitrogens with zero attached hydrogens (tertiary/aromatic N) is 1. The standard InChI is InChI=1S/C14H13FN4O2/c1-7-10(15)4-8(13(17)20)5-12(7)19-14(21)11-3-2-9(16)6-18-11/h2-6H,16H2,1H3,(H2,17,20)(H,19,21). The van der Waals surface area contributed by atoms with Crippen molar-refractivity contribution >= 4 is 23.2 Å². The summed E-state index contributed by atoms with van der Waals surface area (Å²) in [6.45, 7) is 1.48. The number of rotatable bonds is 3. The van der Waals surface area contributed by atoms with E-state index in [1.807, 2.05) is 0 Å². The molecule has 0 unspecified atom stereocenters. The maximum Gasteiger partial charge on any atom is 0.274 e. The summed E-state index contributed by atoms with van der Waals surface area (Å²) in [5.41, 5.74) is 11.5. The highest BCUT2D eigenvalue weighted by Gasteiger charge is 2.14. The van der Waals surface area contributed by atoms with Crippen LogP contribution in [0.3, 0.4) is 0 Å². The molecule has 0 spiro atoms. The van der Waals surface area contributed by atoms with Crippen LogP contribution >= 0.6 is 0 Å². The molecule has 0 saturated heterocycles. The Morgan fingerprint density at radius 3 is 2.57 bits per heavy atom. The first-order valence-corrected chi connectivity index (χ1v) is 6.01. The molecule has 0 aliphatic rings. The molecule has 108 valence electrons. The van der Waals surface area contributed by atoms with E-state index in [9.17, 15) is 14.0 Å². The lowest BCUT2D eigenvalue weighted by atomic mass is 10.1. The van der Waals surface area contributed by atoms with E-state index in [1.165, 1.54) is 31.3 Å². The summed E-state index contributed by atoms with van der Waals surface area (Å²) in [6, 6.07) is 5.30. The summed E-state index contributed by atoms with van der Waals surface area (Å²) >= 11 is 0. The number of carbonyl (C=O) groups excluding carboxylic acids is 2. The topological polar surface area (TPSA) is 111 Å². The molecular formula is C14H13FN4O2. The van der Waals surface area contributed by atoms with E-state index in [-0.39, 0.29) is 22.5 Å². The van der Waals surface area contributed by atoms with Crippen molar-refractivity contribution in [2.24, 2.45) is 5.73 Å². The van der Waals surface area contributed by atoms with Crippen LogP contribution in [0.5, 0.6) is 0 Å². The molecule has 0 aliphatic carbocycles. The third-order valence-electron chi connectivity index (χ3n) is 2.90. The van der Waals surface area contributed by atoms with Crippen LogP contribution in [0.25, 0.3) is 0 Å². The molecule has 1 aromatic carbocycles. The molecule has 0 aliphatic heterocycles. The number of halogens is 1. The summed E-state index contributed by atoms with van der Waals surface area (Å²) in [4.78, 5) is 27.0. The van der Waals surface area contributed by atoms with Gasteiger partial charge in [0.05, 0.1) is 11.9 Å². The highest BCUT2D eigenvalue weighted by atomic mass is 19.1. The fraction of sp³-hybridized carbons (Fsp3) is 0.0714. The van der Waals surface area contributed by atoms with Gasteiger partial charge in [0.2, 0.25) is 5.91 Å². The predicted molar refractivity (Wildman–Crippen MR) is 76.3 cm³/mol. The number of anilines is 2. The average molecular weight is 288 g/mol. The number of primary amides is 1. The van der Waals surface area contributed by atoms with E-state index in [1.54, 1.807) is 0 Å². The van der Waals surface area contributed by atoms with Gasteiger partial charge < -0.3 is 16.8 Å². The normalized spacial score (nSPS) is 10.2. The molecule has 2 rings (SSSR count). The van der Waals surface area contributed by atoms with Gasteiger partial charge in [-0.1, -0.05) is 0 Å². The van der Waals surface area contributed by atoms with Crippen LogP contribution in [0, 0.1) is 12.7 Å². The number of pyridine rings is 1. The van der Waals surface area contributed by atoms with Gasteiger partial charge in [-0.2, -0.15) is 0 Å². The number of benzene rings is 1. The molecule has 0 fully saturated rings. The Morgan fingerprint density at radius 1 is 1.29 bits per heavy atom. The van der Waals surface area contributed by atoms with E-state index < -0.39 is 17.6 Å². The number of nitrogens with two attached hydrogens (primary N) is 2. The second kappa shape index (κ2) is 5.58. The molecule has 7 heteroatoms. The van der Waals surface area contributed by atoms with E-state index in [0.717, 1.165) is 6.07 Å². The van der Waals surface area contributed by atoms with Crippen LogP contribution in [-0.4, -0.2) is 16.8 Å². The minimum Gasteiger partial charge on any atom is -0.397 e. The van der Waals surface area contributed by atoms with E-state index >= 15 is 0 Å². The van der Waals surface area contributed by atoms with Crippen LogP contribution < -0.4 is 16.8 Å². The maximum atomic E-state index is 13.7. The molecule has 0 bridgehead atoms. The second-order valence-corrected chi connectivity index (χ2v) is 4.43. The monoisotopic (exact) mass is 288 g/mol. The highest BCUT2D eigenvalue weighted by Crippen LogP contribution is 2.21. The Balaban J connectivity index is 2.32. The largest absolute Gasteiger partial charge is 0.397 e. The van der Waals surface area contributed by atoms with Gasteiger partial charge in [0.25, 0.3) is 5.91 Å². The smallest absolute Gasteiger partial charge is 0.274 e. The van der Waals surface area contributed by atoms with Gasteiger partial charge in [0, 0.05) is 16.8 Å². The van der Waals surface area contributed by atoms with Crippen molar-refractivity contribution < 1.29 is 14.0 Å². The lowest BCUT2D eigenvalue weighted by Crippen LogP contribution is -2.17. The predicted octanol–water partition coefficient (Wildman–Crippen LogP) is 1.46. The molecule has 2 aromatic rings. The van der Waals surface area contributed by atoms with Crippen LogP contribution in [-0.2, 0) is 0 Å². The Morgan fingerprint density at radius 2 is 2.00 bits per heavy atom. The van der Waals surface area contributed by atoms with E-state index in [0.29, 0.717) is 5.69 Å². The lowest BCUT2D eigenvalue weighted by Gasteiger charge is -2.10. The number of nitrogens with one attached hydrogen (secondary N) is 1. The molecule has 1 heterocycles. The molecule has 21 heavy (non-hydrogen) atoms. The summed E-state index contributed by atoms with van der Waals surface area (Å²) in [5.74, 6) is -1.96. The maximum absolute atomic E-state index is 13.7. The van der Waals surface area contributed by atoms with Gasteiger partial charge in [0.1, 0.15) is 11.5 Å². The first kappa shape index (κ1) is 14.4. The highest BCUT2D eigenvalue weighted by molar-refractivity contribution is 6.04. The van der Waals surface area contributed by atoms with Crippen LogP contribution in [0.15, 0.2) is 30.5 Å². The number of nitrogen functional groups attached to an aromatic ring is 1. The third kappa shape index (κ3) is 3.14. The van der Waals surface area contributed by atoms with Gasteiger partial charge in [-0.05, 0) is 31.2 Å². The number of hydrogen-bond acceptors (Lipinski definition) is 4. The van der Waals surface area contributed by atoms with Crippen molar-refractivity contribution in [3.63, 3.8) is 0 Å². The molecule has 0 atom stereocenters. The molecular weight excluding hydrogens is 275 g/mol. The summed E-state index contributed by atoms with van der Waals surface area (Å²) in [7, 11) is 0. The van der Waals surface area contributed by atoms with E-state index in [2.05, 4.69) is 10.3 Å². The van der Waals surface area contributed by atoms with Gasteiger partial charge >= 0.3 is 0 Å². The van der Waals surface area contributed by atoms with Crippen molar-refractivity contribution in [2.75, 3.05) is 11.1 Å². The summed E-state index contributed by atoms with van der Waals surface area (Å²) in [5, 5.41) is 2.49. The van der Waals surface area contributed by atoms with Gasteiger partial charge in [-0.25, -0.2) is 9.37 Å². The molecule has 6 nitrogen and oxygen atoms in total. The number of hydrogen-bond donors (Lipinski definition) is 3. The molecule has 2 amide bonds. The van der Waals surface area contributed by atoms with Gasteiger partial charge in [-0.15, -0.1) is 0 Å². The quantitative estimate of drug-likeness (QED) is 0.793. The second-order valence-electron chi connectivity index (χ2n) is 4.43. The molecule has 5 N–H and O–H groups in total. The summed E-state index contributed by atoms with van der Waals surface area (Å²) in [6.07, 6.45) is 1.34. The third-order valence-corrected chi connectivity index (χ3v) is 2.90. The van der Waals surface area contributed by atoms with Crippen molar-refractivity contribution in [1.82, 2.24) is 4.98 Å². The minimum atomic E-state index is -0.782. The Bertz CT molecular complexity index is 714. The zero-order valence-electron chi connectivity index (χ0n) is 11.2. The molecule has 0 radical (unpaired) electrons. The number of carbonyl (C=O) groups is 2. The zero-order chi connectivity index (χ0) is 15.6. The Kier molecular flexibility index (Phi) is 3.84. The fourth-order valence-electron chi connectivity index (χ4n) is 1.68. The lowest BCUT2D eigenvalue weighted by molar-refractivity contribution is 0.0995. The Hall–Kier alpha value is -2.96. The van der Waals surface area contributed by atoms with Crippen LogP contribution in [0.4, 0.5) is 15.8 Å². The van der Waals surface area contributed by atoms with Crippen LogP contribution in [0.2, 0.25) is 0 Å². The fourth-order valence-corrected chi connectivity index (χ4v) is 1.68. The van der Waals surface area contributed by atoms with Crippen molar-refractivity contribution in [2.45, 2.75) is 6.92 Å². The first-order chi connectivity index (χ1) is 9.88. The molecule has 0 saturated carbocycles. The Labute approximate surface area is 120 Å². The van der Waals surface area contributed by atoms with Crippen molar-refractivity contribution in [3.05, 3.63) is 53.1 Å². The van der Waals surface area contributed by atoms with E-state index in [4.69, 9.17) is 11.5 Å². The average Bonchev–Trinajstić information content (AvgIpc) is 2.44. The van der Waals surface area contributed by atoms with Gasteiger partial charge in [0.15, 0.2) is 0 Å². The number of amides is 2. The molecule has 1 aromatic heterocycles. The van der Waals surface area contributed by atoms with Crippen LogP contribution in [0.1, 0.15) is 26.4 Å². The van der Waals surface area contributed by atoms with Gasteiger partial charge in [-0.3, -0.25) is 9.59 Å². The first-order valence-electron chi connectivity index (χ1n) is 6.01. The SMILES string of the molecule is Cc1c(F)cc(C(N)=O)cc1NC(=O)c1ccc(N)cn1. The zero-order valence-corrected chi connectivity index (χ0v) is 11.2. The minimum absolute atomic E-state index is 0.0290. The summed E-state index contributed by atoms with van der Waals surface area (Å²) < 4.78 is 13.7. The number of aromatic nitrogens is 1. The van der Waals surface area contributed by atoms with Crippen molar-refractivity contribution in [3.8, 4) is 0 Å².